The summed E-state index contributed by atoms with van der Waals surface area (Å²) in [6.07, 6.45) is -0.346. The summed E-state index contributed by atoms with van der Waals surface area (Å²) >= 11 is 35.2. The van der Waals surface area contributed by atoms with Crippen molar-refractivity contribution >= 4 is 75.5 Å². The molecule has 1 aromatic rings. The first-order chi connectivity index (χ1) is 9.65. The monoisotopic (exact) mass is 411 g/mol. The average Bonchev–Trinajstić information content (AvgIpc) is 2.30. The molecule has 0 aliphatic heterocycles. The summed E-state index contributed by atoms with van der Waals surface area (Å²) in [4.78, 5) is 11.7. The highest BCUT2D eigenvalue weighted by molar-refractivity contribution is 6.68. The molecule has 0 aliphatic rings. The summed E-state index contributed by atoms with van der Waals surface area (Å²) in [6, 6.07) is 2.85. The van der Waals surface area contributed by atoms with Crippen molar-refractivity contribution in [2.75, 3.05) is 0 Å². The van der Waals surface area contributed by atoms with E-state index in [-0.39, 0.29) is 28.1 Å². The van der Waals surface area contributed by atoms with Crippen molar-refractivity contribution in [3.63, 3.8) is 0 Å². The van der Waals surface area contributed by atoms with Crippen LogP contribution in [0, 0.1) is 0 Å². The molecule has 0 saturated heterocycles. The SMILES string of the molecule is CCCC(=O)N[C@H](Oc1c(Cl)cc(Cl)cc1Cl)C(Cl)(Cl)Cl. The van der Waals surface area contributed by atoms with Gasteiger partial charge in [-0.25, -0.2) is 0 Å². The summed E-state index contributed by atoms with van der Waals surface area (Å²) in [5, 5.41) is 3.07. The summed E-state index contributed by atoms with van der Waals surface area (Å²) in [6.45, 7) is 1.84. The predicted molar refractivity (Wildman–Crippen MR) is 89.2 cm³/mol. The third kappa shape index (κ3) is 6.09. The molecule has 9 heteroatoms. The molecule has 1 atom stereocenters. The van der Waals surface area contributed by atoms with Crippen molar-refractivity contribution in [2.24, 2.45) is 0 Å². The summed E-state index contributed by atoms with van der Waals surface area (Å²) in [5.41, 5.74) is 0. The molecule has 1 aromatic carbocycles. The molecule has 0 heterocycles. The van der Waals surface area contributed by atoms with Crippen molar-refractivity contribution in [2.45, 2.75) is 29.8 Å². The highest BCUT2D eigenvalue weighted by atomic mass is 35.6. The highest BCUT2D eigenvalue weighted by Gasteiger charge is 2.37. The Morgan fingerprint density at radius 2 is 1.76 bits per heavy atom. The highest BCUT2D eigenvalue weighted by Crippen LogP contribution is 2.39. The van der Waals surface area contributed by atoms with Crippen LogP contribution in [0.2, 0.25) is 15.1 Å². The van der Waals surface area contributed by atoms with Crippen LogP contribution in [0.15, 0.2) is 12.1 Å². The van der Waals surface area contributed by atoms with Gasteiger partial charge in [-0.15, -0.1) is 0 Å². The van der Waals surface area contributed by atoms with Crippen LogP contribution in [0.25, 0.3) is 0 Å². The Morgan fingerprint density at radius 3 is 2.19 bits per heavy atom. The van der Waals surface area contributed by atoms with Crippen molar-refractivity contribution in [3.05, 3.63) is 27.2 Å². The van der Waals surface area contributed by atoms with Gasteiger partial charge >= 0.3 is 0 Å². The van der Waals surface area contributed by atoms with Gasteiger partial charge < -0.3 is 10.1 Å². The number of carbonyl (C=O) groups is 1. The van der Waals surface area contributed by atoms with Crippen LogP contribution < -0.4 is 10.1 Å². The van der Waals surface area contributed by atoms with E-state index in [0.717, 1.165) is 0 Å². The molecular weight excluding hydrogens is 403 g/mol. The fourth-order valence-corrected chi connectivity index (χ4v) is 2.59. The Balaban J connectivity index is 3.00. The molecule has 0 fully saturated rings. The van der Waals surface area contributed by atoms with Crippen LogP contribution in [0.3, 0.4) is 0 Å². The minimum absolute atomic E-state index is 0.0656. The number of alkyl halides is 3. The lowest BCUT2D eigenvalue weighted by molar-refractivity contribution is -0.123. The van der Waals surface area contributed by atoms with Gasteiger partial charge in [0.1, 0.15) is 0 Å². The first-order valence-corrected chi connectivity index (χ1v) is 8.09. The molecule has 0 spiro atoms. The van der Waals surface area contributed by atoms with Gasteiger partial charge in [0, 0.05) is 11.4 Å². The summed E-state index contributed by atoms with van der Waals surface area (Å²) in [5.74, 6) is -0.258. The Morgan fingerprint density at radius 1 is 1.24 bits per heavy atom. The molecule has 118 valence electrons. The maximum Gasteiger partial charge on any atom is 0.246 e. The predicted octanol–water partition coefficient (Wildman–Crippen LogP) is 5.64. The van der Waals surface area contributed by atoms with Crippen molar-refractivity contribution < 1.29 is 9.53 Å². The first kappa shape index (κ1) is 19.3. The fourth-order valence-electron chi connectivity index (χ4n) is 1.38. The standard InChI is InChI=1S/C12H11Cl6NO2/c1-2-3-9(20)19-11(12(16,17)18)21-10-7(14)4-6(13)5-8(10)15/h4-5,11H,2-3H2,1H3,(H,19,20)/t11-/m1/s1. The molecule has 0 unspecified atom stereocenters. The quantitative estimate of drug-likeness (QED) is 0.501. The molecule has 1 N–H and O–H groups in total. The van der Waals surface area contributed by atoms with Crippen LogP contribution in [0.5, 0.6) is 5.75 Å². The van der Waals surface area contributed by atoms with E-state index >= 15 is 0 Å². The zero-order valence-electron chi connectivity index (χ0n) is 10.7. The van der Waals surface area contributed by atoms with Crippen molar-refractivity contribution in [1.82, 2.24) is 5.32 Å². The van der Waals surface area contributed by atoms with E-state index in [9.17, 15) is 4.79 Å². The molecule has 1 rings (SSSR count). The minimum Gasteiger partial charge on any atom is -0.463 e. The van der Waals surface area contributed by atoms with Gasteiger partial charge in [-0.3, -0.25) is 4.79 Å². The van der Waals surface area contributed by atoms with Gasteiger partial charge in [0.05, 0.1) is 10.0 Å². The summed E-state index contributed by atoms with van der Waals surface area (Å²) in [7, 11) is 0. The van der Waals surface area contributed by atoms with Crippen LogP contribution in [-0.4, -0.2) is 15.9 Å². The molecule has 3 nitrogen and oxygen atoms in total. The van der Waals surface area contributed by atoms with E-state index in [0.29, 0.717) is 11.4 Å². The van der Waals surface area contributed by atoms with Gasteiger partial charge in [0.15, 0.2) is 5.75 Å². The van der Waals surface area contributed by atoms with Gasteiger partial charge in [0.25, 0.3) is 0 Å². The third-order valence-corrected chi connectivity index (χ3v) is 3.64. The smallest absolute Gasteiger partial charge is 0.246 e. The Kier molecular flexibility index (Phi) is 7.51. The number of benzene rings is 1. The van der Waals surface area contributed by atoms with E-state index in [1.165, 1.54) is 12.1 Å². The Hall–Kier alpha value is 0.230. The van der Waals surface area contributed by atoms with Gasteiger partial charge in [-0.1, -0.05) is 76.5 Å². The Labute approximate surface area is 152 Å². The minimum atomic E-state index is -1.91. The zero-order valence-corrected chi connectivity index (χ0v) is 15.3. The topological polar surface area (TPSA) is 38.3 Å². The lowest BCUT2D eigenvalue weighted by atomic mass is 10.3. The number of carbonyl (C=O) groups excluding carboxylic acids is 1. The van der Waals surface area contributed by atoms with Crippen molar-refractivity contribution in [3.8, 4) is 5.75 Å². The normalized spacial score (nSPS) is 12.9. The van der Waals surface area contributed by atoms with E-state index < -0.39 is 10.0 Å². The lowest BCUT2D eigenvalue weighted by Crippen LogP contribution is -2.47. The fraction of sp³-hybridized carbons (Fsp3) is 0.417. The second-order valence-electron chi connectivity index (χ2n) is 4.06. The summed E-state index contributed by atoms with van der Waals surface area (Å²) < 4.78 is 3.56. The molecular formula is C12H11Cl6NO2. The van der Waals surface area contributed by atoms with Crippen LogP contribution >= 0.6 is 69.6 Å². The first-order valence-electron chi connectivity index (χ1n) is 5.82. The zero-order chi connectivity index (χ0) is 16.2. The third-order valence-electron chi connectivity index (χ3n) is 2.27. The van der Waals surface area contributed by atoms with E-state index in [1.807, 2.05) is 6.92 Å². The van der Waals surface area contributed by atoms with Crippen LogP contribution in [0.1, 0.15) is 19.8 Å². The molecule has 1 amide bonds. The molecule has 0 radical (unpaired) electrons. The number of rotatable bonds is 5. The maximum atomic E-state index is 11.7. The largest absolute Gasteiger partial charge is 0.463 e. The number of nitrogens with one attached hydrogen (secondary N) is 1. The molecule has 0 bridgehead atoms. The number of amides is 1. The number of hydrogen-bond donors (Lipinski definition) is 1. The molecule has 0 aromatic heterocycles. The molecule has 0 aliphatic carbocycles. The van der Waals surface area contributed by atoms with E-state index in [2.05, 4.69) is 5.32 Å². The lowest BCUT2D eigenvalue weighted by Gasteiger charge is -2.27. The van der Waals surface area contributed by atoms with Gasteiger partial charge in [-0.2, -0.15) is 0 Å². The second-order valence-corrected chi connectivity index (χ2v) is 7.68. The number of halogens is 6. The molecule has 21 heavy (non-hydrogen) atoms. The number of ether oxygens (including phenoxy) is 1. The number of hydrogen-bond acceptors (Lipinski definition) is 2. The van der Waals surface area contributed by atoms with Gasteiger partial charge in [0.2, 0.25) is 15.9 Å². The Bertz CT molecular complexity index is 494. The van der Waals surface area contributed by atoms with E-state index in [1.54, 1.807) is 0 Å². The van der Waals surface area contributed by atoms with Crippen LogP contribution in [-0.2, 0) is 4.79 Å². The second kappa shape index (κ2) is 8.19. The van der Waals surface area contributed by atoms with Gasteiger partial charge in [-0.05, 0) is 18.6 Å². The average molecular weight is 414 g/mol. The van der Waals surface area contributed by atoms with E-state index in [4.69, 9.17) is 74.3 Å². The van der Waals surface area contributed by atoms with Crippen LogP contribution in [0.4, 0.5) is 0 Å². The van der Waals surface area contributed by atoms with Crippen molar-refractivity contribution in [1.29, 1.82) is 0 Å². The maximum absolute atomic E-state index is 11.7. The molecule has 0 saturated carbocycles.